The highest BCUT2D eigenvalue weighted by atomic mass is 79.9. The van der Waals surface area contributed by atoms with Gasteiger partial charge in [-0.3, -0.25) is 4.79 Å². The Morgan fingerprint density at radius 3 is 1.95 bits per heavy atom. The normalized spacial score (nSPS) is 10.9. The first kappa shape index (κ1) is 15.1. The van der Waals surface area contributed by atoms with Crippen LogP contribution in [0.2, 0.25) is 0 Å². The summed E-state index contributed by atoms with van der Waals surface area (Å²) in [6.45, 7) is 0. The summed E-state index contributed by atoms with van der Waals surface area (Å²) in [5, 5.41) is 1.62. The predicted molar refractivity (Wildman–Crippen MR) is 66.3 cm³/mol. The summed E-state index contributed by atoms with van der Waals surface area (Å²) in [5.41, 5.74) is -1.42. The van der Waals surface area contributed by atoms with Crippen LogP contribution in [0, 0.1) is 29.1 Å². The van der Waals surface area contributed by atoms with E-state index in [1.54, 1.807) is 11.4 Å². The molecular weight excluding hydrogens is 367 g/mol. The van der Waals surface area contributed by atoms with Crippen LogP contribution < -0.4 is 0 Å². The Kier molecular flexibility index (Phi) is 4.24. The lowest BCUT2D eigenvalue weighted by Crippen LogP contribution is -2.14. The number of ketones is 1. The van der Waals surface area contributed by atoms with Gasteiger partial charge in [0.25, 0.3) is 0 Å². The van der Waals surface area contributed by atoms with Crippen LogP contribution in [0.1, 0.15) is 15.2 Å². The number of benzene rings is 1. The molecule has 2 aromatic rings. The minimum Gasteiger partial charge on any atom is -0.294 e. The Bertz CT molecular complexity index is 668. The monoisotopic (exact) mass is 370 g/mol. The van der Waals surface area contributed by atoms with Gasteiger partial charge in [0.05, 0.1) is 5.56 Å². The third-order valence-corrected chi connectivity index (χ3v) is 4.43. The van der Waals surface area contributed by atoms with Gasteiger partial charge in [-0.1, -0.05) is 0 Å². The molecule has 1 aromatic heterocycles. The Morgan fingerprint density at radius 2 is 1.50 bits per heavy atom. The summed E-state index contributed by atoms with van der Waals surface area (Å²) in [7, 11) is 0. The number of hydrogen-bond acceptors (Lipinski definition) is 2. The van der Waals surface area contributed by atoms with E-state index in [1.807, 2.05) is 0 Å². The molecule has 0 amide bonds. The summed E-state index contributed by atoms with van der Waals surface area (Å²) < 4.78 is 66.3. The Balaban J connectivity index is 2.48. The molecule has 0 atom stereocenters. The van der Waals surface area contributed by atoms with E-state index in [1.165, 1.54) is 0 Å². The van der Waals surface area contributed by atoms with Crippen LogP contribution in [-0.4, -0.2) is 5.78 Å². The molecule has 106 valence electrons. The quantitative estimate of drug-likeness (QED) is 0.333. The molecular formula is C12H4BrF5OS. The van der Waals surface area contributed by atoms with Crippen LogP contribution >= 0.6 is 27.3 Å². The first-order valence-electron chi connectivity index (χ1n) is 5.11. The van der Waals surface area contributed by atoms with Crippen LogP contribution in [0.5, 0.6) is 0 Å². The Hall–Kier alpha value is -1.28. The molecule has 20 heavy (non-hydrogen) atoms. The van der Waals surface area contributed by atoms with Gasteiger partial charge in [-0.25, -0.2) is 22.0 Å². The molecule has 0 saturated carbocycles. The summed E-state index contributed by atoms with van der Waals surface area (Å²) in [6.07, 6.45) is -0.462. The second-order valence-electron chi connectivity index (χ2n) is 3.74. The van der Waals surface area contributed by atoms with E-state index in [9.17, 15) is 26.7 Å². The highest BCUT2D eigenvalue weighted by Crippen LogP contribution is 2.27. The fourth-order valence-electron chi connectivity index (χ4n) is 1.54. The number of halogens is 6. The maximum absolute atomic E-state index is 13.4. The maximum Gasteiger partial charge on any atom is 0.200 e. The van der Waals surface area contributed by atoms with E-state index < -0.39 is 46.9 Å². The van der Waals surface area contributed by atoms with E-state index in [-0.39, 0.29) is 0 Å². The zero-order valence-corrected chi connectivity index (χ0v) is 11.8. The molecule has 0 unspecified atom stereocenters. The Morgan fingerprint density at radius 1 is 1.00 bits per heavy atom. The fourth-order valence-corrected chi connectivity index (χ4v) is 3.03. The van der Waals surface area contributed by atoms with Gasteiger partial charge in [-0.2, -0.15) is 0 Å². The largest absolute Gasteiger partial charge is 0.294 e. The average Bonchev–Trinajstić information content (AvgIpc) is 2.80. The molecule has 1 nitrogen and oxygen atoms in total. The van der Waals surface area contributed by atoms with Gasteiger partial charge in [0.1, 0.15) is 0 Å². The lowest BCUT2D eigenvalue weighted by atomic mass is 10.1. The van der Waals surface area contributed by atoms with Gasteiger partial charge in [0.2, 0.25) is 5.82 Å². The molecule has 0 fully saturated rings. The summed E-state index contributed by atoms with van der Waals surface area (Å²) in [6, 6.07) is 1.60. The molecule has 0 radical (unpaired) electrons. The van der Waals surface area contributed by atoms with Gasteiger partial charge in [-0.15, -0.1) is 11.3 Å². The molecule has 8 heteroatoms. The van der Waals surface area contributed by atoms with E-state index in [2.05, 4.69) is 15.9 Å². The van der Waals surface area contributed by atoms with Gasteiger partial charge in [0, 0.05) is 15.8 Å². The smallest absolute Gasteiger partial charge is 0.200 e. The van der Waals surface area contributed by atoms with Crippen molar-refractivity contribution in [1.29, 1.82) is 0 Å². The first-order valence-corrected chi connectivity index (χ1v) is 6.78. The van der Waals surface area contributed by atoms with Crippen LogP contribution in [-0.2, 0) is 6.42 Å². The van der Waals surface area contributed by atoms with Gasteiger partial charge in [-0.05, 0) is 27.4 Å². The van der Waals surface area contributed by atoms with Crippen LogP contribution in [0.25, 0.3) is 0 Å². The standard InChI is InChI=1S/C12H4BrF5OS/c13-4-1-2-20-6(4)3-5(19)7-8(14)10(16)12(18)11(17)9(7)15/h1-2H,3H2. The molecule has 0 N–H and O–H groups in total. The summed E-state index contributed by atoms with van der Waals surface area (Å²) in [4.78, 5) is 12.2. The van der Waals surface area contributed by atoms with E-state index in [0.717, 1.165) is 11.3 Å². The maximum atomic E-state index is 13.4. The van der Waals surface area contributed by atoms with Crippen molar-refractivity contribution >= 4 is 33.0 Å². The second-order valence-corrected chi connectivity index (χ2v) is 5.59. The molecule has 0 spiro atoms. The molecule has 2 rings (SSSR count). The van der Waals surface area contributed by atoms with Gasteiger partial charge < -0.3 is 0 Å². The molecule has 0 saturated heterocycles. The molecule has 0 aliphatic carbocycles. The van der Waals surface area contributed by atoms with Crippen LogP contribution in [0.15, 0.2) is 15.9 Å². The fraction of sp³-hybridized carbons (Fsp3) is 0.0833. The van der Waals surface area contributed by atoms with Crippen LogP contribution in [0.3, 0.4) is 0 Å². The predicted octanol–water partition coefficient (Wildman–Crippen LogP) is 4.63. The number of thiophene rings is 1. The van der Waals surface area contributed by atoms with Gasteiger partial charge in [0.15, 0.2) is 29.1 Å². The van der Waals surface area contributed by atoms with Crippen molar-refractivity contribution in [2.45, 2.75) is 6.42 Å². The van der Waals surface area contributed by atoms with Crippen molar-refractivity contribution in [2.75, 3.05) is 0 Å². The van der Waals surface area contributed by atoms with Crippen molar-refractivity contribution in [1.82, 2.24) is 0 Å². The topological polar surface area (TPSA) is 17.1 Å². The highest BCUT2D eigenvalue weighted by molar-refractivity contribution is 9.10. The van der Waals surface area contributed by atoms with E-state index in [0.29, 0.717) is 9.35 Å². The number of carbonyl (C=O) groups is 1. The average molecular weight is 371 g/mol. The third kappa shape index (κ3) is 2.49. The summed E-state index contributed by atoms with van der Waals surface area (Å²) >= 11 is 4.23. The van der Waals surface area contributed by atoms with E-state index >= 15 is 0 Å². The van der Waals surface area contributed by atoms with Gasteiger partial charge >= 0.3 is 0 Å². The number of hydrogen-bond donors (Lipinski definition) is 0. The molecule has 0 aliphatic heterocycles. The number of Topliss-reactive ketones (excluding diaryl/α,β-unsaturated/α-hetero) is 1. The number of rotatable bonds is 3. The lowest BCUT2D eigenvalue weighted by molar-refractivity contribution is 0.0982. The molecule has 0 bridgehead atoms. The van der Waals surface area contributed by atoms with Crippen molar-refractivity contribution in [3.63, 3.8) is 0 Å². The van der Waals surface area contributed by atoms with Crippen LogP contribution in [0.4, 0.5) is 22.0 Å². The minimum atomic E-state index is -2.28. The summed E-state index contributed by atoms with van der Waals surface area (Å²) in [5.74, 6) is -11.9. The molecule has 1 heterocycles. The lowest BCUT2D eigenvalue weighted by Gasteiger charge is -2.07. The van der Waals surface area contributed by atoms with Crippen molar-refractivity contribution in [2.24, 2.45) is 0 Å². The van der Waals surface area contributed by atoms with Crippen molar-refractivity contribution in [3.8, 4) is 0 Å². The third-order valence-electron chi connectivity index (χ3n) is 2.50. The molecule has 1 aromatic carbocycles. The first-order chi connectivity index (χ1) is 9.34. The zero-order chi connectivity index (χ0) is 15.0. The zero-order valence-electron chi connectivity index (χ0n) is 9.45. The Labute approximate surface area is 122 Å². The number of carbonyl (C=O) groups excluding carboxylic acids is 1. The van der Waals surface area contributed by atoms with E-state index in [4.69, 9.17) is 0 Å². The van der Waals surface area contributed by atoms with Crippen molar-refractivity contribution in [3.05, 3.63) is 55.4 Å². The second kappa shape index (κ2) is 5.61. The minimum absolute atomic E-state index is 0.430. The van der Waals surface area contributed by atoms with Crippen molar-refractivity contribution < 1.29 is 26.7 Å². The SMILES string of the molecule is O=C(Cc1sccc1Br)c1c(F)c(F)c(F)c(F)c1F. The highest BCUT2D eigenvalue weighted by Gasteiger charge is 2.29. The molecule has 0 aliphatic rings.